The Morgan fingerprint density at radius 2 is 1.90 bits per heavy atom. The highest BCUT2D eigenvalue weighted by Crippen LogP contribution is 2.35. The quantitative estimate of drug-likeness (QED) is 0.654. The first-order valence-corrected chi connectivity index (χ1v) is 9.13. The summed E-state index contributed by atoms with van der Waals surface area (Å²) >= 11 is 6.58. The Labute approximate surface area is 140 Å². The molecule has 0 spiro atoms. The number of benzene rings is 1. The number of nitrogens with one attached hydrogen (secondary N) is 1. The lowest BCUT2D eigenvalue weighted by Crippen LogP contribution is -2.18. The number of methoxy groups -OCH3 is 2. The zero-order valence-electron chi connectivity index (χ0n) is 11.5. The fourth-order valence-electron chi connectivity index (χ4n) is 1.49. The number of ether oxygens (including phenoxy) is 2. The van der Waals surface area contributed by atoms with Gasteiger partial charge in [-0.25, -0.2) is 8.42 Å². The molecule has 0 saturated carbocycles. The molecule has 0 radical (unpaired) electrons. The Hall–Kier alpha value is -0.800. The van der Waals surface area contributed by atoms with Crippen LogP contribution in [0, 0.1) is 0 Å². The number of rotatable bonds is 7. The standard InChI is InChI=1S/C12H15Br2NO5S/c1-19-11-7-10(8(13)6-9(11)14)15-21(17,18)5-3-4-12(16)20-2/h6-7,15H,3-5H2,1-2H3. The number of hydrogen-bond donors (Lipinski definition) is 1. The monoisotopic (exact) mass is 443 g/mol. The van der Waals surface area contributed by atoms with Crippen LogP contribution in [0.1, 0.15) is 12.8 Å². The molecule has 0 aliphatic heterocycles. The molecule has 9 heteroatoms. The van der Waals surface area contributed by atoms with Crippen LogP contribution in [0.15, 0.2) is 21.1 Å². The van der Waals surface area contributed by atoms with Gasteiger partial charge in [-0.1, -0.05) is 0 Å². The van der Waals surface area contributed by atoms with Crippen molar-refractivity contribution >= 4 is 53.5 Å². The summed E-state index contributed by atoms with van der Waals surface area (Å²) < 4.78 is 37.2. The molecule has 0 aliphatic rings. The third kappa shape index (κ3) is 5.84. The molecule has 0 bridgehead atoms. The minimum absolute atomic E-state index is 0.0578. The van der Waals surface area contributed by atoms with Gasteiger partial charge in [-0.3, -0.25) is 9.52 Å². The Bertz CT molecular complexity index is 618. The van der Waals surface area contributed by atoms with Crippen LogP contribution in [0.4, 0.5) is 5.69 Å². The molecule has 6 nitrogen and oxygen atoms in total. The van der Waals surface area contributed by atoms with E-state index in [-0.39, 0.29) is 18.6 Å². The van der Waals surface area contributed by atoms with Crippen molar-refractivity contribution in [2.75, 3.05) is 24.7 Å². The molecule has 0 aliphatic carbocycles. The molecule has 21 heavy (non-hydrogen) atoms. The largest absolute Gasteiger partial charge is 0.495 e. The van der Waals surface area contributed by atoms with Crippen LogP contribution in [-0.4, -0.2) is 34.4 Å². The number of esters is 1. The van der Waals surface area contributed by atoms with Crippen molar-refractivity contribution in [1.29, 1.82) is 0 Å². The fourth-order valence-corrected chi connectivity index (χ4v) is 4.01. The van der Waals surface area contributed by atoms with Crippen molar-refractivity contribution in [2.24, 2.45) is 0 Å². The summed E-state index contributed by atoms with van der Waals surface area (Å²) in [6.07, 6.45) is 0.246. The number of carbonyl (C=O) groups is 1. The van der Waals surface area contributed by atoms with Crippen molar-refractivity contribution in [3.05, 3.63) is 21.1 Å². The predicted octanol–water partition coefficient (Wildman–Crippen LogP) is 2.92. The molecule has 118 valence electrons. The molecule has 0 aromatic heterocycles. The van der Waals surface area contributed by atoms with Crippen LogP contribution in [0.5, 0.6) is 5.75 Å². The number of anilines is 1. The van der Waals surface area contributed by atoms with E-state index in [4.69, 9.17) is 4.74 Å². The minimum atomic E-state index is -3.56. The normalized spacial score (nSPS) is 11.0. The van der Waals surface area contributed by atoms with Gasteiger partial charge in [0.25, 0.3) is 0 Å². The van der Waals surface area contributed by atoms with Gasteiger partial charge in [0.05, 0.1) is 30.1 Å². The number of sulfonamides is 1. The molecular formula is C12H15Br2NO5S. The zero-order chi connectivity index (χ0) is 16.0. The Kier molecular flexibility index (Phi) is 6.95. The molecule has 0 heterocycles. The predicted molar refractivity (Wildman–Crippen MR) is 87.1 cm³/mol. The van der Waals surface area contributed by atoms with Gasteiger partial charge in [0.2, 0.25) is 10.0 Å². The highest BCUT2D eigenvalue weighted by Gasteiger charge is 2.15. The number of hydrogen-bond acceptors (Lipinski definition) is 5. The molecule has 0 fully saturated rings. The van der Waals surface area contributed by atoms with Crippen molar-refractivity contribution in [3.63, 3.8) is 0 Å². The highest BCUT2D eigenvalue weighted by atomic mass is 79.9. The second kappa shape index (κ2) is 8.00. The van der Waals surface area contributed by atoms with Crippen LogP contribution in [0.25, 0.3) is 0 Å². The van der Waals surface area contributed by atoms with Crippen LogP contribution in [0.2, 0.25) is 0 Å². The first-order valence-electron chi connectivity index (χ1n) is 5.89. The summed E-state index contributed by atoms with van der Waals surface area (Å²) in [6.45, 7) is 0. The first kappa shape index (κ1) is 18.2. The van der Waals surface area contributed by atoms with E-state index in [0.29, 0.717) is 20.4 Å². The van der Waals surface area contributed by atoms with Gasteiger partial charge in [-0.2, -0.15) is 0 Å². The third-order valence-corrected chi connectivity index (χ3v) is 5.16. The maximum absolute atomic E-state index is 12.0. The summed E-state index contributed by atoms with van der Waals surface area (Å²) in [5, 5.41) is 0. The fraction of sp³-hybridized carbons (Fsp3) is 0.417. The van der Waals surface area contributed by atoms with Crippen molar-refractivity contribution in [3.8, 4) is 5.75 Å². The Morgan fingerprint density at radius 3 is 2.48 bits per heavy atom. The Balaban J connectivity index is 2.77. The average molecular weight is 445 g/mol. The van der Waals surface area contributed by atoms with E-state index < -0.39 is 16.0 Å². The second-order valence-corrected chi connectivity index (χ2v) is 7.62. The van der Waals surface area contributed by atoms with Crippen molar-refractivity contribution in [1.82, 2.24) is 0 Å². The maximum Gasteiger partial charge on any atom is 0.305 e. The number of halogens is 2. The molecule has 0 unspecified atom stereocenters. The van der Waals surface area contributed by atoms with E-state index >= 15 is 0 Å². The van der Waals surface area contributed by atoms with Gasteiger partial charge < -0.3 is 9.47 Å². The lowest BCUT2D eigenvalue weighted by molar-refractivity contribution is -0.140. The zero-order valence-corrected chi connectivity index (χ0v) is 15.5. The average Bonchev–Trinajstić information content (AvgIpc) is 2.41. The summed E-state index contributed by atoms with van der Waals surface area (Å²) in [6, 6.07) is 3.25. The van der Waals surface area contributed by atoms with E-state index in [1.54, 1.807) is 12.1 Å². The molecule has 0 amide bonds. The van der Waals surface area contributed by atoms with Gasteiger partial charge >= 0.3 is 5.97 Å². The molecule has 1 rings (SSSR count). The van der Waals surface area contributed by atoms with E-state index in [1.807, 2.05) is 0 Å². The van der Waals surface area contributed by atoms with Gasteiger partial charge in [0, 0.05) is 17.0 Å². The van der Waals surface area contributed by atoms with E-state index in [2.05, 4.69) is 41.3 Å². The second-order valence-electron chi connectivity index (χ2n) is 4.07. The number of carbonyl (C=O) groups excluding carboxylic acids is 1. The molecule has 1 aromatic rings. The molecular weight excluding hydrogens is 430 g/mol. The first-order chi connectivity index (χ1) is 9.79. The van der Waals surface area contributed by atoms with Gasteiger partial charge in [0.15, 0.2) is 0 Å². The maximum atomic E-state index is 12.0. The van der Waals surface area contributed by atoms with Crippen LogP contribution >= 0.6 is 31.9 Å². The minimum Gasteiger partial charge on any atom is -0.495 e. The van der Waals surface area contributed by atoms with Gasteiger partial charge in [0.1, 0.15) is 5.75 Å². The molecule has 0 atom stereocenters. The smallest absolute Gasteiger partial charge is 0.305 e. The summed E-state index contributed by atoms with van der Waals surface area (Å²) in [5.74, 6) is -0.102. The van der Waals surface area contributed by atoms with Gasteiger partial charge in [-0.15, -0.1) is 0 Å². The van der Waals surface area contributed by atoms with E-state index in [0.717, 1.165) is 0 Å². The lowest BCUT2D eigenvalue weighted by Gasteiger charge is -2.12. The molecule has 0 saturated heterocycles. The van der Waals surface area contributed by atoms with Crippen molar-refractivity contribution < 1.29 is 22.7 Å². The SMILES string of the molecule is COC(=O)CCCS(=O)(=O)Nc1cc(OC)c(Br)cc1Br. The third-order valence-electron chi connectivity index (χ3n) is 2.53. The topological polar surface area (TPSA) is 81.7 Å². The van der Waals surface area contributed by atoms with Gasteiger partial charge in [-0.05, 0) is 44.3 Å². The van der Waals surface area contributed by atoms with E-state index in [1.165, 1.54) is 14.2 Å². The van der Waals surface area contributed by atoms with E-state index in [9.17, 15) is 13.2 Å². The molecule has 1 N–H and O–H groups in total. The highest BCUT2D eigenvalue weighted by molar-refractivity contribution is 9.11. The molecule has 1 aromatic carbocycles. The summed E-state index contributed by atoms with van der Waals surface area (Å²) in [4.78, 5) is 11.0. The Morgan fingerprint density at radius 1 is 1.24 bits per heavy atom. The van der Waals surface area contributed by atoms with Crippen LogP contribution < -0.4 is 9.46 Å². The summed E-state index contributed by atoms with van der Waals surface area (Å²) in [5.41, 5.74) is 0.369. The van der Waals surface area contributed by atoms with Crippen molar-refractivity contribution in [2.45, 2.75) is 12.8 Å². The lowest BCUT2D eigenvalue weighted by atomic mass is 10.3. The van der Waals surface area contributed by atoms with Crippen LogP contribution in [-0.2, 0) is 19.6 Å². The summed E-state index contributed by atoms with van der Waals surface area (Å²) in [7, 11) is -0.805. The van der Waals surface area contributed by atoms with Crippen LogP contribution in [0.3, 0.4) is 0 Å².